The fourth-order valence-electron chi connectivity index (χ4n) is 3.64. The molecule has 5 nitrogen and oxygen atoms in total. The summed E-state index contributed by atoms with van der Waals surface area (Å²) in [6.45, 7) is 2.34. The number of aromatic nitrogens is 1. The molecule has 5 rings (SSSR count). The highest BCUT2D eigenvalue weighted by Gasteiger charge is 2.34. The van der Waals surface area contributed by atoms with Crippen LogP contribution in [0.15, 0.2) is 107 Å². The van der Waals surface area contributed by atoms with Crippen LogP contribution in [-0.4, -0.2) is 16.1 Å². The van der Waals surface area contributed by atoms with Crippen LogP contribution in [0.1, 0.15) is 16.8 Å². The van der Waals surface area contributed by atoms with Gasteiger partial charge in [0.05, 0.1) is 10.6 Å². The van der Waals surface area contributed by atoms with Gasteiger partial charge in [0, 0.05) is 10.7 Å². The average molecular weight is 512 g/mol. The summed E-state index contributed by atoms with van der Waals surface area (Å²) in [7, 11) is 0. The number of amidine groups is 1. The Labute approximate surface area is 219 Å². The number of carbonyl (C=O) groups is 1. The third-order valence-corrected chi connectivity index (χ3v) is 6.60. The van der Waals surface area contributed by atoms with Gasteiger partial charge < -0.3 is 4.74 Å². The lowest BCUT2D eigenvalue weighted by Crippen LogP contribution is -2.28. The van der Waals surface area contributed by atoms with Crippen molar-refractivity contribution in [3.05, 3.63) is 124 Å². The molecule has 1 aliphatic rings. The van der Waals surface area contributed by atoms with Crippen molar-refractivity contribution in [1.29, 1.82) is 0 Å². The van der Waals surface area contributed by atoms with E-state index in [0.29, 0.717) is 33.3 Å². The quantitative estimate of drug-likeness (QED) is 0.252. The molecule has 0 radical (unpaired) electrons. The van der Waals surface area contributed by atoms with E-state index in [1.807, 2.05) is 110 Å². The zero-order chi connectivity index (χ0) is 24.9. The molecule has 1 aliphatic heterocycles. The van der Waals surface area contributed by atoms with Gasteiger partial charge in [-0.15, -0.1) is 0 Å². The molecule has 2 heterocycles. The van der Waals surface area contributed by atoms with Crippen molar-refractivity contribution in [2.75, 3.05) is 4.90 Å². The third-order valence-electron chi connectivity index (χ3n) is 5.38. The Morgan fingerprint density at radius 2 is 1.75 bits per heavy atom. The summed E-state index contributed by atoms with van der Waals surface area (Å²) in [6.07, 6.45) is 1.87. The number of hydrogen-bond acceptors (Lipinski definition) is 5. The minimum Gasteiger partial charge on any atom is -0.489 e. The molecule has 0 atom stereocenters. The Hall–Kier alpha value is -3.87. The van der Waals surface area contributed by atoms with Crippen LogP contribution in [0.2, 0.25) is 5.02 Å². The normalized spacial score (nSPS) is 15.6. The molecule has 7 heteroatoms. The molecule has 1 aromatic heterocycles. The first-order chi connectivity index (χ1) is 17.5. The smallest absolute Gasteiger partial charge is 0.271 e. The topological polar surface area (TPSA) is 54.8 Å². The van der Waals surface area contributed by atoms with E-state index in [1.165, 1.54) is 11.8 Å². The Bertz CT molecular complexity index is 1450. The summed E-state index contributed by atoms with van der Waals surface area (Å²) in [5.74, 6) is 1.14. The molecule has 0 bridgehead atoms. The number of para-hydroxylation sites is 1. The van der Waals surface area contributed by atoms with Gasteiger partial charge in [0.1, 0.15) is 12.4 Å². The first-order valence-corrected chi connectivity index (χ1v) is 12.5. The van der Waals surface area contributed by atoms with Gasteiger partial charge in [-0.3, -0.25) is 9.69 Å². The molecular weight excluding hydrogens is 490 g/mol. The zero-order valence-corrected chi connectivity index (χ0v) is 21.0. The molecule has 178 valence electrons. The number of aliphatic imine (C=N–C) groups is 1. The summed E-state index contributed by atoms with van der Waals surface area (Å²) < 4.78 is 5.96. The molecule has 1 fully saturated rings. The molecule has 0 saturated carbocycles. The predicted octanol–water partition coefficient (Wildman–Crippen LogP) is 7.43. The third kappa shape index (κ3) is 5.67. The van der Waals surface area contributed by atoms with Crippen molar-refractivity contribution in [3.63, 3.8) is 0 Å². The second-order valence-electron chi connectivity index (χ2n) is 8.11. The maximum absolute atomic E-state index is 13.5. The van der Waals surface area contributed by atoms with Crippen LogP contribution in [0.25, 0.3) is 6.08 Å². The van der Waals surface area contributed by atoms with E-state index < -0.39 is 0 Å². The van der Waals surface area contributed by atoms with Gasteiger partial charge >= 0.3 is 0 Å². The number of halogens is 1. The highest BCUT2D eigenvalue weighted by molar-refractivity contribution is 8.19. The van der Waals surface area contributed by atoms with E-state index in [4.69, 9.17) is 21.3 Å². The van der Waals surface area contributed by atoms with Crippen molar-refractivity contribution in [2.45, 2.75) is 13.5 Å². The van der Waals surface area contributed by atoms with Crippen LogP contribution >= 0.6 is 23.4 Å². The molecule has 0 aliphatic carbocycles. The van der Waals surface area contributed by atoms with Crippen molar-refractivity contribution in [1.82, 2.24) is 4.98 Å². The van der Waals surface area contributed by atoms with Gasteiger partial charge in [0.15, 0.2) is 11.0 Å². The van der Waals surface area contributed by atoms with Crippen LogP contribution in [0.4, 0.5) is 11.5 Å². The molecule has 0 unspecified atom stereocenters. The maximum atomic E-state index is 13.5. The van der Waals surface area contributed by atoms with Gasteiger partial charge in [-0.25, -0.2) is 9.98 Å². The van der Waals surface area contributed by atoms with Crippen LogP contribution in [0.5, 0.6) is 5.75 Å². The fourth-order valence-corrected chi connectivity index (χ4v) is 4.75. The monoisotopic (exact) mass is 511 g/mol. The largest absolute Gasteiger partial charge is 0.489 e. The van der Waals surface area contributed by atoms with E-state index in [9.17, 15) is 4.79 Å². The first-order valence-electron chi connectivity index (χ1n) is 11.3. The van der Waals surface area contributed by atoms with Gasteiger partial charge in [0.25, 0.3) is 5.91 Å². The molecular formula is C29H22ClN3O2S. The molecule has 36 heavy (non-hydrogen) atoms. The van der Waals surface area contributed by atoms with E-state index >= 15 is 0 Å². The highest BCUT2D eigenvalue weighted by atomic mass is 35.5. The summed E-state index contributed by atoms with van der Waals surface area (Å²) in [4.78, 5) is 24.9. The number of thioether (sulfide) groups is 1. The van der Waals surface area contributed by atoms with Crippen LogP contribution < -0.4 is 9.64 Å². The number of aryl methyl sites for hydroxylation is 1. The van der Waals surface area contributed by atoms with Crippen LogP contribution in [0, 0.1) is 6.92 Å². The average Bonchev–Trinajstić information content (AvgIpc) is 3.18. The number of benzene rings is 3. The number of ether oxygens (including phenoxy) is 1. The Balaban J connectivity index is 1.42. The molecule has 0 spiro atoms. The van der Waals surface area contributed by atoms with Gasteiger partial charge in [-0.05, 0) is 84.4 Å². The summed E-state index contributed by atoms with van der Waals surface area (Å²) in [5.41, 5.74) is 3.50. The lowest BCUT2D eigenvalue weighted by atomic mass is 10.2. The van der Waals surface area contributed by atoms with E-state index in [-0.39, 0.29) is 5.91 Å². The lowest BCUT2D eigenvalue weighted by Gasteiger charge is -2.15. The summed E-state index contributed by atoms with van der Waals surface area (Å²) in [6, 6.07) is 30.4. The Kier molecular flexibility index (Phi) is 7.16. The van der Waals surface area contributed by atoms with Gasteiger partial charge in [-0.2, -0.15) is 0 Å². The summed E-state index contributed by atoms with van der Waals surface area (Å²) in [5, 5.41) is 1.25. The second-order valence-corrected chi connectivity index (χ2v) is 9.55. The van der Waals surface area contributed by atoms with Crippen LogP contribution in [-0.2, 0) is 11.4 Å². The molecule has 1 saturated heterocycles. The minimum absolute atomic E-state index is 0.134. The number of rotatable bonds is 6. The number of hydrogen-bond donors (Lipinski definition) is 0. The second kappa shape index (κ2) is 10.8. The van der Waals surface area contributed by atoms with Crippen molar-refractivity contribution in [3.8, 4) is 5.75 Å². The van der Waals surface area contributed by atoms with Crippen molar-refractivity contribution in [2.24, 2.45) is 4.99 Å². The van der Waals surface area contributed by atoms with E-state index in [1.54, 1.807) is 4.90 Å². The molecule has 4 aromatic rings. The molecule has 0 N–H and O–H groups in total. The SMILES string of the molecule is Cc1cccc(/N=C2/S/C(=C\c3cccc(OCc4ccc(Cl)cc4)c3)C(=O)N2c2ccccc2)n1. The highest BCUT2D eigenvalue weighted by Crippen LogP contribution is 2.37. The van der Waals surface area contributed by atoms with Gasteiger partial charge in [0.2, 0.25) is 0 Å². The number of pyridine rings is 1. The first kappa shape index (κ1) is 23.9. The van der Waals surface area contributed by atoms with E-state index in [0.717, 1.165) is 22.5 Å². The zero-order valence-electron chi connectivity index (χ0n) is 19.5. The number of anilines is 1. The minimum atomic E-state index is -0.134. The Morgan fingerprint density at radius 3 is 2.53 bits per heavy atom. The lowest BCUT2D eigenvalue weighted by molar-refractivity contribution is -0.113. The van der Waals surface area contributed by atoms with Crippen molar-refractivity contribution < 1.29 is 9.53 Å². The number of nitrogens with zero attached hydrogens (tertiary/aromatic N) is 3. The Morgan fingerprint density at radius 1 is 0.972 bits per heavy atom. The number of amides is 1. The summed E-state index contributed by atoms with van der Waals surface area (Å²) >= 11 is 7.29. The fraction of sp³-hybridized carbons (Fsp3) is 0.0690. The van der Waals surface area contributed by atoms with Crippen molar-refractivity contribution >= 4 is 52.0 Å². The van der Waals surface area contributed by atoms with E-state index in [2.05, 4.69) is 4.98 Å². The van der Waals surface area contributed by atoms with Crippen LogP contribution in [0.3, 0.4) is 0 Å². The molecule has 1 amide bonds. The standard InChI is InChI=1S/C29H22ClN3O2S/c1-20-7-5-12-27(31-20)32-29-33(24-9-3-2-4-10-24)28(34)26(36-29)18-22-8-6-11-25(17-22)35-19-21-13-15-23(30)16-14-21/h2-18H,19H2,1H3/b26-18-,32-29+. The molecule has 3 aromatic carbocycles. The predicted molar refractivity (Wildman–Crippen MR) is 148 cm³/mol. The maximum Gasteiger partial charge on any atom is 0.271 e. The van der Waals surface area contributed by atoms with Gasteiger partial charge in [-0.1, -0.05) is 60.1 Å². The number of carbonyl (C=O) groups excluding carboxylic acids is 1.